The lowest BCUT2D eigenvalue weighted by Crippen LogP contribution is -2.05. The van der Waals surface area contributed by atoms with Crippen LogP contribution in [0.15, 0.2) is 0 Å². The third kappa shape index (κ3) is 17.8. The molecule has 0 N–H and O–H groups in total. The molecule has 0 atom stereocenters. The molecule has 0 radical (unpaired) electrons. The second kappa shape index (κ2) is 20.7. The molecule has 1 aliphatic rings. The van der Waals surface area contributed by atoms with Gasteiger partial charge in [0.15, 0.2) is 0 Å². The highest BCUT2D eigenvalue weighted by molar-refractivity contribution is 4.65. The van der Waals surface area contributed by atoms with Gasteiger partial charge < -0.3 is 0 Å². The van der Waals surface area contributed by atoms with Gasteiger partial charge in [-0.3, -0.25) is 0 Å². The molecule has 0 nitrogen and oxygen atoms in total. The van der Waals surface area contributed by atoms with E-state index in [1.54, 1.807) is 19.3 Å². The van der Waals surface area contributed by atoms with Gasteiger partial charge in [-0.05, 0) is 5.92 Å². The summed E-state index contributed by atoms with van der Waals surface area (Å²) in [5.41, 5.74) is 0. The zero-order chi connectivity index (χ0) is 19.3. The van der Waals surface area contributed by atoms with Crippen molar-refractivity contribution in [2.24, 2.45) is 5.92 Å². The summed E-state index contributed by atoms with van der Waals surface area (Å²) in [5, 5.41) is 0. The van der Waals surface area contributed by atoms with Crippen molar-refractivity contribution >= 4 is 0 Å². The van der Waals surface area contributed by atoms with Crippen molar-refractivity contribution in [2.75, 3.05) is 0 Å². The lowest BCUT2D eigenvalue weighted by atomic mass is 9.85. The molecular weight excluding hydrogens is 324 g/mol. The topological polar surface area (TPSA) is 0 Å². The van der Waals surface area contributed by atoms with Crippen molar-refractivity contribution in [1.29, 1.82) is 0 Å². The van der Waals surface area contributed by atoms with E-state index in [9.17, 15) is 0 Å². The van der Waals surface area contributed by atoms with Crippen LogP contribution in [0.25, 0.3) is 0 Å². The second-order valence-electron chi connectivity index (χ2n) is 9.66. The van der Waals surface area contributed by atoms with Crippen molar-refractivity contribution in [2.45, 2.75) is 167 Å². The molecule has 1 saturated carbocycles. The predicted molar refractivity (Wildman–Crippen MR) is 125 cm³/mol. The molecule has 1 fully saturated rings. The van der Waals surface area contributed by atoms with Crippen LogP contribution < -0.4 is 0 Å². The summed E-state index contributed by atoms with van der Waals surface area (Å²) >= 11 is 0. The summed E-state index contributed by atoms with van der Waals surface area (Å²) in [7, 11) is 0. The van der Waals surface area contributed by atoms with E-state index >= 15 is 0 Å². The fraction of sp³-hybridized carbons (Fsp3) is 1.00. The average molecular weight is 379 g/mol. The lowest BCUT2D eigenvalue weighted by Gasteiger charge is -2.21. The first-order valence-electron chi connectivity index (χ1n) is 13.4. The summed E-state index contributed by atoms with van der Waals surface area (Å²) in [6.45, 7) is 2.31. The molecule has 1 aliphatic carbocycles. The van der Waals surface area contributed by atoms with E-state index in [1.807, 2.05) is 0 Å². The van der Waals surface area contributed by atoms with Crippen molar-refractivity contribution < 1.29 is 0 Å². The molecule has 0 heteroatoms. The fourth-order valence-electron chi connectivity index (χ4n) is 4.99. The molecule has 1 rings (SSSR count). The predicted octanol–water partition coefficient (Wildman–Crippen LogP) is 10.4. The molecule has 0 unspecified atom stereocenters. The van der Waals surface area contributed by atoms with Gasteiger partial charge in [-0.2, -0.15) is 0 Å². The Hall–Kier alpha value is 0. The molecule has 0 spiro atoms. The molecule has 0 saturated heterocycles. The Kier molecular flexibility index (Phi) is 19.2. The van der Waals surface area contributed by atoms with E-state index in [1.165, 1.54) is 141 Å². The SMILES string of the molecule is CCCCCCCCCCCCCCCCCCCCCC1CCCCC1. The third-order valence-corrected chi connectivity index (χ3v) is 6.94. The molecule has 162 valence electrons. The zero-order valence-corrected chi connectivity index (χ0v) is 19.3. The minimum absolute atomic E-state index is 1.10. The largest absolute Gasteiger partial charge is 0.0654 e. The minimum atomic E-state index is 1.10. The smallest absolute Gasteiger partial charge is 0.0414 e. The maximum atomic E-state index is 2.31. The van der Waals surface area contributed by atoms with Crippen LogP contribution in [0.2, 0.25) is 0 Å². The van der Waals surface area contributed by atoms with Crippen LogP contribution in [0, 0.1) is 5.92 Å². The maximum absolute atomic E-state index is 2.31. The van der Waals surface area contributed by atoms with Crippen LogP contribution in [-0.4, -0.2) is 0 Å². The molecule has 27 heavy (non-hydrogen) atoms. The van der Waals surface area contributed by atoms with Gasteiger partial charge in [0, 0.05) is 0 Å². The number of hydrogen-bond acceptors (Lipinski definition) is 0. The summed E-state index contributed by atoms with van der Waals surface area (Å²) in [5.74, 6) is 1.10. The van der Waals surface area contributed by atoms with Crippen LogP contribution in [0.5, 0.6) is 0 Å². The van der Waals surface area contributed by atoms with E-state index in [0.29, 0.717) is 0 Å². The molecular formula is C27H54. The molecule has 0 amide bonds. The standard InChI is InChI=1S/C27H54/c1-2-3-4-5-6-7-8-9-10-11-12-13-14-15-16-17-18-19-21-24-27-25-22-20-23-26-27/h27H,2-26H2,1H3. The van der Waals surface area contributed by atoms with Crippen LogP contribution in [0.1, 0.15) is 167 Å². The highest BCUT2D eigenvalue weighted by atomic mass is 14.2. The van der Waals surface area contributed by atoms with Crippen molar-refractivity contribution in [3.8, 4) is 0 Å². The van der Waals surface area contributed by atoms with Crippen LogP contribution >= 0.6 is 0 Å². The number of hydrogen-bond donors (Lipinski definition) is 0. The summed E-state index contributed by atoms with van der Waals surface area (Å²) in [6.07, 6.45) is 37.4. The Morgan fingerprint density at radius 2 is 0.741 bits per heavy atom. The van der Waals surface area contributed by atoms with Crippen LogP contribution in [0.4, 0.5) is 0 Å². The van der Waals surface area contributed by atoms with Gasteiger partial charge in [0.05, 0.1) is 0 Å². The molecule has 0 heterocycles. The van der Waals surface area contributed by atoms with Crippen molar-refractivity contribution in [3.05, 3.63) is 0 Å². The normalized spacial score (nSPS) is 15.4. The maximum Gasteiger partial charge on any atom is -0.0414 e. The van der Waals surface area contributed by atoms with Gasteiger partial charge in [0.2, 0.25) is 0 Å². The second-order valence-corrected chi connectivity index (χ2v) is 9.66. The van der Waals surface area contributed by atoms with Crippen molar-refractivity contribution in [1.82, 2.24) is 0 Å². The third-order valence-electron chi connectivity index (χ3n) is 6.94. The quantitative estimate of drug-likeness (QED) is 0.185. The molecule has 0 aliphatic heterocycles. The fourth-order valence-corrected chi connectivity index (χ4v) is 4.99. The monoisotopic (exact) mass is 378 g/mol. The Morgan fingerprint density at radius 1 is 0.407 bits per heavy atom. The zero-order valence-electron chi connectivity index (χ0n) is 19.3. The van der Waals surface area contributed by atoms with Crippen LogP contribution in [-0.2, 0) is 0 Å². The van der Waals surface area contributed by atoms with E-state index in [0.717, 1.165) is 5.92 Å². The van der Waals surface area contributed by atoms with E-state index < -0.39 is 0 Å². The molecule has 0 aromatic carbocycles. The van der Waals surface area contributed by atoms with Gasteiger partial charge in [-0.25, -0.2) is 0 Å². The van der Waals surface area contributed by atoms with Gasteiger partial charge in [-0.1, -0.05) is 167 Å². The summed E-state index contributed by atoms with van der Waals surface area (Å²) in [4.78, 5) is 0. The molecule has 0 aromatic rings. The summed E-state index contributed by atoms with van der Waals surface area (Å²) < 4.78 is 0. The molecule has 0 aromatic heterocycles. The average Bonchev–Trinajstić information content (AvgIpc) is 2.70. The highest BCUT2D eigenvalue weighted by Crippen LogP contribution is 2.28. The first-order chi connectivity index (χ1) is 13.4. The number of unbranched alkanes of at least 4 members (excludes halogenated alkanes) is 18. The first-order valence-corrected chi connectivity index (χ1v) is 13.4. The Balaban J connectivity index is 1.64. The number of rotatable bonds is 20. The van der Waals surface area contributed by atoms with E-state index in [2.05, 4.69) is 6.92 Å². The highest BCUT2D eigenvalue weighted by Gasteiger charge is 2.12. The Bertz CT molecular complexity index is 263. The van der Waals surface area contributed by atoms with Gasteiger partial charge in [-0.15, -0.1) is 0 Å². The van der Waals surface area contributed by atoms with Gasteiger partial charge in [0.1, 0.15) is 0 Å². The van der Waals surface area contributed by atoms with E-state index in [-0.39, 0.29) is 0 Å². The van der Waals surface area contributed by atoms with Gasteiger partial charge in [0.25, 0.3) is 0 Å². The lowest BCUT2D eigenvalue weighted by molar-refractivity contribution is 0.328. The Labute approximate surface area is 173 Å². The Morgan fingerprint density at radius 3 is 1.11 bits per heavy atom. The summed E-state index contributed by atoms with van der Waals surface area (Å²) in [6, 6.07) is 0. The van der Waals surface area contributed by atoms with Crippen molar-refractivity contribution in [3.63, 3.8) is 0 Å². The molecule has 0 bridgehead atoms. The minimum Gasteiger partial charge on any atom is -0.0654 e. The van der Waals surface area contributed by atoms with E-state index in [4.69, 9.17) is 0 Å². The van der Waals surface area contributed by atoms with Gasteiger partial charge >= 0.3 is 0 Å². The van der Waals surface area contributed by atoms with Crippen LogP contribution in [0.3, 0.4) is 0 Å². The first kappa shape index (κ1) is 25.0.